The van der Waals surface area contributed by atoms with Crippen molar-refractivity contribution in [3.8, 4) is 5.75 Å². The summed E-state index contributed by atoms with van der Waals surface area (Å²) in [6, 6.07) is 2.32. The first kappa shape index (κ1) is 17.5. The molecule has 0 saturated carbocycles. The minimum atomic E-state index is -4.72. The van der Waals surface area contributed by atoms with Crippen molar-refractivity contribution < 1.29 is 36.9 Å². The van der Waals surface area contributed by atoms with E-state index in [1.807, 2.05) is 0 Å². The molecular weight excluding hydrogens is 320 g/mol. The summed E-state index contributed by atoms with van der Waals surface area (Å²) in [4.78, 5) is 11.3. The van der Waals surface area contributed by atoms with E-state index in [0.29, 0.717) is 0 Å². The van der Waals surface area contributed by atoms with E-state index in [2.05, 4.69) is 0 Å². The molecule has 4 nitrogen and oxygen atoms in total. The minimum absolute atomic E-state index is 0.0382. The zero-order chi connectivity index (χ0) is 17.6. The van der Waals surface area contributed by atoms with Gasteiger partial charge in [-0.05, 0) is 26.3 Å². The lowest BCUT2D eigenvalue weighted by Crippen LogP contribution is -2.42. The van der Waals surface area contributed by atoms with Crippen LogP contribution < -0.4 is 4.74 Å². The van der Waals surface area contributed by atoms with Crippen LogP contribution in [0.3, 0.4) is 0 Å². The molecular formula is C15H16F4O4. The van der Waals surface area contributed by atoms with E-state index in [0.717, 1.165) is 13.0 Å². The van der Waals surface area contributed by atoms with Crippen LogP contribution in [0.4, 0.5) is 17.6 Å². The fraction of sp³-hybridized carbons (Fsp3) is 0.533. The second-order valence-electron chi connectivity index (χ2n) is 5.71. The summed E-state index contributed by atoms with van der Waals surface area (Å²) < 4.78 is 63.1. The lowest BCUT2D eigenvalue weighted by Gasteiger charge is -2.26. The standard InChI is InChI=1S/C15H16F4O4/c1-7-10(16)5-4-8(11(7)22-3)9-6-14(2,15(17,18)19)23-12(9)13(20)21/h4-5,9,12H,6H2,1-3H3,(H,20,21). The predicted molar refractivity (Wildman–Crippen MR) is 72.0 cm³/mol. The van der Waals surface area contributed by atoms with Gasteiger partial charge in [0.05, 0.1) is 7.11 Å². The fourth-order valence-corrected chi connectivity index (χ4v) is 2.87. The van der Waals surface area contributed by atoms with Crippen LogP contribution in [0.5, 0.6) is 5.75 Å². The van der Waals surface area contributed by atoms with Crippen molar-refractivity contribution in [2.24, 2.45) is 0 Å². The summed E-state index contributed by atoms with van der Waals surface area (Å²) in [6.45, 7) is 2.22. The lowest BCUT2D eigenvalue weighted by molar-refractivity contribution is -0.263. The third kappa shape index (κ3) is 2.87. The molecule has 1 aliphatic rings. The minimum Gasteiger partial charge on any atom is -0.496 e. The van der Waals surface area contributed by atoms with Gasteiger partial charge in [-0.2, -0.15) is 13.2 Å². The number of carbonyl (C=O) groups is 1. The van der Waals surface area contributed by atoms with E-state index < -0.39 is 42.0 Å². The van der Waals surface area contributed by atoms with E-state index in [-0.39, 0.29) is 16.9 Å². The van der Waals surface area contributed by atoms with Crippen LogP contribution in [0.2, 0.25) is 0 Å². The second kappa shape index (κ2) is 5.67. The second-order valence-corrected chi connectivity index (χ2v) is 5.71. The molecule has 0 aromatic heterocycles. The number of hydrogen-bond acceptors (Lipinski definition) is 3. The number of halogens is 4. The van der Waals surface area contributed by atoms with E-state index in [9.17, 15) is 27.5 Å². The number of benzene rings is 1. The zero-order valence-electron chi connectivity index (χ0n) is 12.7. The molecule has 1 heterocycles. The van der Waals surface area contributed by atoms with Crippen molar-refractivity contribution in [1.29, 1.82) is 0 Å². The highest BCUT2D eigenvalue weighted by molar-refractivity contribution is 5.75. The van der Waals surface area contributed by atoms with Gasteiger partial charge < -0.3 is 14.6 Å². The number of carboxylic acid groups (broad SMARTS) is 1. The van der Waals surface area contributed by atoms with Gasteiger partial charge in [-0.1, -0.05) is 6.07 Å². The Morgan fingerprint density at radius 2 is 2.04 bits per heavy atom. The summed E-state index contributed by atoms with van der Waals surface area (Å²) in [7, 11) is 1.25. The van der Waals surface area contributed by atoms with Crippen LogP contribution in [0.15, 0.2) is 12.1 Å². The van der Waals surface area contributed by atoms with E-state index in [4.69, 9.17) is 9.47 Å². The van der Waals surface area contributed by atoms with Crippen molar-refractivity contribution in [2.75, 3.05) is 7.11 Å². The zero-order valence-corrected chi connectivity index (χ0v) is 12.7. The first-order valence-corrected chi connectivity index (χ1v) is 6.82. The third-order valence-electron chi connectivity index (χ3n) is 4.18. The lowest BCUT2D eigenvalue weighted by atomic mass is 9.85. The van der Waals surface area contributed by atoms with Crippen LogP contribution >= 0.6 is 0 Å². The molecule has 1 saturated heterocycles. The number of hydrogen-bond donors (Lipinski definition) is 1. The van der Waals surface area contributed by atoms with Crippen LogP contribution in [0.25, 0.3) is 0 Å². The average Bonchev–Trinajstić information content (AvgIpc) is 2.81. The van der Waals surface area contributed by atoms with E-state index >= 15 is 0 Å². The molecule has 1 fully saturated rings. The molecule has 3 atom stereocenters. The van der Waals surface area contributed by atoms with Gasteiger partial charge in [-0.15, -0.1) is 0 Å². The van der Waals surface area contributed by atoms with Crippen LogP contribution in [0.1, 0.15) is 30.4 Å². The number of alkyl halides is 3. The number of ether oxygens (including phenoxy) is 2. The van der Waals surface area contributed by atoms with Gasteiger partial charge >= 0.3 is 12.1 Å². The molecule has 0 radical (unpaired) electrons. The molecule has 8 heteroatoms. The molecule has 1 aromatic carbocycles. The summed E-state index contributed by atoms with van der Waals surface area (Å²) in [6.07, 6.45) is -7.01. The summed E-state index contributed by atoms with van der Waals surface area (Å²) >= 11 is 0. The molecule has 0 amide bonds. The van der Waals surface area contributed by atoms with Gasteiger partial charge in [0.2, 0.25) is 0 Å². The Morgan fingerprint density at radius 1 is 1.43 bits per heavy atom. The molecule has 3 unspecified atom stereocenters. The Bertz CT molecular complexity index is 629. The smallest absolute Gasteiger partial charge is 0.417 e. The first-order chi connectivity index (χ1) is 10.5. The monoisotopic (exact) mass is 336 g/mol. The molecule has 128 valence electrons. The van der Waals surface area contributed by atoms with Crippen molar-refractivity contribution in [3.63, 3.8) is 0 Å². The normalized spacial score (nSPS) is 28.0. The molecule has 2 rings (SSSR count). The Kier molecular flexibility index (Phi) is 4.32. The largest absolute Gasteiger partial charge is 0.496 e. The van der Waals surface area contributed by atoms with Gasteiger partial charge in [0, 0.05) is 17.0 Å². The van der Waals surface area contributed by atoms with Crippen LogP contribution in [-0.4, -0.2) is 36.1 Å². The average molecular weight is 336 g/mol. The number of rotatable bonds is 3. The molecule has 1 N–H and O–H groups in total. The number of carboxylic acids is 1. The Balaban J connectivity index is 2.53. The number of methoxy groups -OCH3 is 1. The number of aliphatic carboxylic acids is 1. The van der Waals surface area contributed by atoms with Gasteiger partial charge in [-0.3, -0.25) is 0 Å². The summed E-state index contributed by atoms with van der Waals surface area (Å²) in [5.41, 5.74) is -2.30. The third-order valence-corrected chi connectivity index (χ3v) is 4.18. The highest BCUT2D eigenvalue weighted by Crippen LogP contribution is 2.51. The highest BCUT2D eigenvalue weighted by Gasteiger charge is 2.61. The SMILES string of the molecule is COc1c(C2CC(C)(C(F)(F)F)OC2C(=O)O)ccc(F)c1C. The topological polar surface area (TPSA) is 55.8 Å². The van der Waals surface area contributed by atoms with E-state index in [1.54, 1.807) is 0 Å². The Morgan fingerprint density at radius 3 is 2.52 bits per heavy atom. The van der Waals surface area contributed by atoms with Gasteiger partial charge in [0.25, 0.3) is 0 Å². The van der Waals surface area contributed by atoms with Gasteiger partial charge in [0.15, 0.2) is 11.7 Å². The van der Waals surface area contributed by atoms with Crippen molar-refractivity contribution in [1.82, 2.24) is 0 Å². The summed E-state index contributed by atoms with van der Waals surface area (Å²) in [5.74, 6) is -3.16. The Labute approximate surface area is 130 Å². The van der Waals surface area contributed by atoms with Crippen molar-refractivity contribution >= 4 is 5.97 Å². The molecule has 23 heavy (non-hydrogen) atoms. The summed E-state index contributed by atoms with van der Waals surface area (Å²) in [5, 5.41) is 9.22. The highest BCUT2D eigenvalue weighted by atomic mass is 19.4. The van der Waals surface area contributed by atoms with Crippen LogP contribution in [-0.2, 0) is 9.53 Å². The fourth-order valence-electron chi connectivity index (χ4n) is 2.87. The van der Waals surface area contributed by atoms with Crippen molar-refractivity contribution in [2.45, 2.75) is 44.1 Å². The maximum absolute atomic E-state index is 13.6. The molecule has 0 bridgehead atoms. The van der Waals surface area contributed by atoms with E-state index in [1.165, 1.54) is 20.1 Å². The van der Waals surface area contributed by atoms with Crippen molar-refractivity contribution in [3.05, 3.63) is 29.1 Å². The van der Waals surface area contributed by atoms with Gasteiger partial charge in [0.1, 0.15) is 11.6 Å². The maximum Gasteiger partial charge on any atom is 0.417 e. The quantitative estimate of drug-likeness (QED) is 0.860. The van der Waals surface area contributed by atoms with Gasteiger partial charge in [-0.25, -0.2) is 9.18 Å². The predicted octanol–water partition coefficient (Wildman–Crippen LogP) is 3.42. The molecule has 0 spiro atoms. The van der Waals surface area contributed by atoms with Crippen LogP contribution in [0, 0.1) is 12.7 Å². The molecule has 0 aliphatic carbocycles. The first-order valence-electron chi connectivity index (χ1n) is 6.82. The molecule has 1 aromatic rings. The maximum atomic E-state index is 13.6. The molecule has 1 aliphatic heterocycles. The Hall–Kier alpha value is -1.83.